The molecule has 2 N–H and O–H groups in total. The Balaban J connectivity index is 1.58. The number of ether oxygens (including phenoxy) is 1. The lowest BCUT2D eigenvalue weighted by molar-refractivity contribution is -0.0507. The molecule has 0 bridgehead atoms. The molecule has 1 unspecified atom stereocenters. The average molecular weight is 468 g/mol. The van der Waals surface area contributed by atoms with Crippen LogP contribution in [-0.4, -0.2) is 54.3 Å². The lowest BCUT2D eigenvalue weighted by atomic mass is 10.0. The normalized spacial score (nSPS) is 15.7. The predicted octanol–water partition coefficient (Wildman–Crippen LogP) is 4.84. The predicted molar refractivity (Wildman–Crippen MR) is 124 cm³/mol. The lowest BCUT2D eigenvalue weighted by Crippen LogP contribution is -2.30. The first kappa shape index (κ1) is 24.5. The number of hydrogen-bond donors (Lipinski definition) is 2. The first-order valence-corrected chi connectivity index (χ1v) is 12.1. The molecule has 170 valence electrons. The van der Waals surface area contributed by atoms with Crippen LogP contribution in [0.5, 0.6) is 0 Å². The van der Waals surface area contributed by atoms with Gasteiger partial charge >= 0.3 is 0 Å². The van der Waals surface area contributed by atoms with Gasteiger partial charge in [0.1, 0.15) is 5.82 Å². The van der Waals surface area contributed by atoms with Gasteiger partial charge < -0.3 is 19.8 Å². The first-order chi connectivity index (χ1) is 14.9. The summed E-state index contributed by atoms with van der Waals surface area (Å²) in [6.45, 7) is 6.10. The standard InChI is InChI=1S/C24H31ClFNO3S/c1-17(18-4-7-20(26)8-5-18)31-24-21-11-13-27(12-10-19(21)6-9-22(24)25)14-16-30-15-2-3-23(28)29/h4-9,17,23,28-29H,2-3,10-16H2,1H3. The van der Waals surface area contributed by atoms with E-state index < -0.39 is 6.29 Å². The summed E-state index contributed by atoms with van der Waals surface area (Å²) in [5.74, 6) is -0.220. The minimum absolute atomic E-state index is 0.176. The number of aliphatic hydroxyl groups excluding tert-OH is 1. The molecule has 0 fully saturated rings. The van der Waals surface area contributed by atoms with Crippen LogP contribution in [0.1, 0.15) is 41.7 Å². The third-order valence-electron chi connectivity index (χ3n) is 5.62. The van der Waals surface area contributed by atoms with Crippen molar-refractivity contribution in [2.24, 2.45) is 0 Å². The van der Waals surface area contributed by atoms with E-state index in [1.54, 1.807) is 11.8 Å². The van der Waals surface area contributed by atoms with Crippen LogP contribution in [0, 0.1) is 5.82 Å². The number of benzene rings is 2. The van der Waals surface area contributed by atoms with Crippen LogP contribution in [-0.2, 0) is 17.6 Å². The van der Waals surface area contributed by atoms with E-state index in [4.69, 9.17) is 26.6 Å². The number of fused-ring (bicyclic) bond motifs is 1. The van der Waals surface area contributed by atoms with E-state index in [-0.39, 0.29) is 11.1 Å². The van der Waals surface area contributed by atoms with Gasteiger partial charge in [-0.2, -0.15) is 0 Å². The zero-order valence-electron chi connectivity index (χ0n) is 17.9. The Morgan fingerprint density at radius 1 is 1.10 bits per heavy atom. The van der Waals surface area contributed by atoms with E-state index in [0.717, 1.165) is 48.0 Å². The summed E-state index contributed by atoms with van der Waals surface area (Å²) in [7, 11) is 0. The van der Waals surface area contributed by atoms with Gasteiger partial charge in [0.15, 0.2) is 6.29 Å². The van der Waals surface area contributed by atoms with E-state index >= 15 is 0 Å². The topological polar surface area (TPSA) is 52.9 Å². The fourth-order valence-corrected chi connectivity index (χ4v) is 5.32. The van der Waals surface area contributed by atoms with Gasteiger partial charge in [0.05, 0.1) is 11.6 Å². The maximum Gasteiger partial charge on any atom is 0.151 e. The molecular formula is C24H31ClFNO3S. The molecule has 0 amide bonds. The minimum Gasteiger partial charge on any atom is -0.380 e. The van der Waals surface area contributed by atoms with E-state index in [0.29, 0.717) is 26.1 Å². The lowest BCUT2D eigenvalue weighted by Gasteiger charge is -2.20. The molecule has 0 aliphatic carbocycles. The van der Waals surface area contributed by atoms with E-state index in [1.807, 2.05) is 18.2 Å². The highest BCUT2D eigenvalue weighted by Crippen LogP contribution is 2.42. The third-order valence-corrected chi connectivity index (χ3v) is 7.38. The molecule has 31 heavy (non-hydrogen) atoms. The Morgan fingerprint density at radius 2 is 1.84 bits per heavy atom. The van der Waals surface area contributed by atoms with Gasteiger partial charge in [0.2, 0.25) is 0 Å². The van der Waals surface area contributed by atoms with Gasteiger partial charge in [-0.3, -0.25) is 0 Å². The van der Waals surface area contributed by atoms with Gasteiger partial charge in [0, 0.05) is 42.8 Å². The van der Waals surface area contributed by atoms with Crippen molar-refractivity contribution in [3.05, 3.63) is 63.9 Å². The molecule has 1 atom stereocenters. The number of aliphatic hydroxyl groups is 2. The van der Waals surface area contributed by atoms with Crippen LogP contribution in [0.4, 0.5) is 4.39 Å². The largest absolute Gasteiger partial charge is 0.380 e. The Kier molecular flexibility index (Phi) is 9.63. The van der Waals surface area contributed by atoms with Crippen LogP contribution in [0.2, 0.25) is 5.02 Å². The SMILES string of the molecule is CC(Sc1c(Cl)ccc2c1CCN(CCOCCCC(O)O)CC2)c1ccc(F)cc1. The number of halogens is 2. The molecule has 0 saturated heterocycles. The molecule has 0 saturated carbocycles. The average Bonchev–Trinajstić information content (AvgIpc) is 2.95. The second-order valence-electron chi connectivity index (χ2n) is 7.90. The molecule has 2 aromatic carbocycles. The van der Waals surface area contributed by atoms with Crippen LogP contribution < -0.4 is 0 Å². The highest BCUT2D eigenvalue weighted by atomic mass is 35.5. The van der Waals surface area contributed by atoms with Crippen LogP contribution in [0.25, 0.3) is 0 Å². The zero-order chi connectivity index (χ0) is 22.2. The van der Waals surface area contributed by atoms with Crippen molar-refractivity contribution in [1.29, 1.82) is 0 Å². The zero-order valence-corrected chi connectivity index (χ0v) is 19.5. The molecule has 1 aliphatic heterocycles. The van der Waals surface area contributed by atoms with Gasteiger partial charge in [-0.1, -0.05) is 29.8 Å². The Hall–Kier alpha value is -1.15. The second kappa shape index (κ2) is 12.2. The molecule has 0 spiro atoms. The summed E-state index contributed by atoms with van der Waals surface area (Å²) in [5, 5.41) is 18.7. The summed E-state index contributed by atoms with van der Waals surface area (Å²) in [4.78, 5) is 3.55. The summed E-state index contributed by atoms with van der Waals surface area (Å²) in [6.07, 6.45) is 1.65. The van der Waals surface area contributed by atoms with Crippen molar-refractivity contribution < 1.29 is 19.3 Å². The van der Waals surface area contributed by atoms with Crippen molar-refractivity contribution in [3.63, 3.8) is 0 Å². The minimum atomic E-state index is -1.25. The van der Waals surface area contributed by atoms with Crippen molar-refractivity contribution in [2.45, 2.75) is 49.0 Å². The van der Waals surface area contributed by atoms with Crippen LogP contribution in [0.15, 0.2) is 41.3 Å². The molecule has 7 heteroatoms. The van der Waals surface area contributed by atoms with Crippen LogP contribution in [0.3, 0.4) is 0 Å². The molecule has 0 radical (unpaired) electrons. The van der Waals surface area contributed by atoms with E-state index in [2.05, 4.69) is 17.9 Å². The van der Waals surface area contributed by atoms with Gasteiger partial charge in [-0.15, -0.1) is 11.8 Å². The molecule has 3 rings (SSSR count). The number of thioether (sulfide) groups is 1. The number of hydrogen-bond acceptors (Lipinski definition) is 5. The fourth-order valence-electron chi connectivity index (χ4n) is 3.80. The summed E-state index contributed by atoms with van der Waals surface area (Å²) < 4.78 is 18.9. The van der Waals surface area contributed by atoms with E-state index in [9.17, 15) is 4.39 Å². The van der Waals surface area contributed by atoms with Gasteiger partial charge in [-0.25, -0.2) is 4.39 Å². The molecule has 2 aromatic rings. The van der Waals surface area contributed by atoms with Crippen molar-refractivity contribution in [3.8, 4) is 0 Å². The maximum absolute atomic E-state index is 13.3. The summed E-state index contributed by atoms with van der Waals surface area (Å²) >= 11 is 8.36. The maximum atomic E-state index is 13.3. The van der Waals surface area contributed by atoms with E-state index in [1.165, 1.54) is 23.3 Å². The summed E-state index contributed by atoms with van der Waals surface area (Å²) in [5.41, 5.74) is 3.76. The highest BCUT2D eigenvalue weighted by molar-refractivity contribution is 7.99. The van der Waals surface area contributed by atoms with Gasteiger partial charge in [0.25, 0.3) is 0 Å². The Labute approximate surface area is 193 Å². The fraction of sp³-hybridized carbons (Fsp3) is 0.500. The molecule has 0 aromatic heterocycles. The number of nitrogens with zero attached hydrogens (tertiary/aromatic N) is 1. The molecule has 1 heterocycles. The van der Waals surface area contributed by atoms with Crippen LogP contribution >= 0.6 is 23.4 Å². The van der Waals surface area contributed by atoms with Crippen molar-refractivity contribution in [1.82, 2.24) is 4.90 Å². The van der Waals surface area contributed by atoms with Crippen molar-refractivity contribution in [2.75, 3.05) is 32.8 Å². The monoisotopic (exact) mass is 467 g/mol. The summed E-state index contributed by atoms with van der Waals surface area (Å²) in [6, 6.07) is 10.8. The third kappa shape index (κ3) is 7.45. The van der Waals surface area contributed by atoms with Crippen molar-refractivity contribution >= 4 is 23.4 Å². The number of rotatable bonds is 10. The Bertz CT molecular complexity index is 834. The van der Waals surface area contributed by atoms with Gasteiger partial charge in [-0.05, 0) is 61.1 Å². The molecule has 4 nitrogen and oxygen atoms in total. The quantitative estimate of drug-likeness (QED) is 0.297. The Morgan fingerprint density at radius 3 is 2.58 bits per heavy atom. The highest BCUT2D eigenvalue weighted by Gasteiger charge is 2.20. The second-order valence-corrected chi connectivity index (χ2v) is 9.66. The smallest absolute Gasteiger partial charge is 0.151 e. The molecular weight excluding hydrogens is 437 g/mol. The first-order valence-electron chi connectivity index (χ1n) is 10.8. The molecule has 1 aliphatic rings.